The van der Waals surface area contributed by atoms with Crippen molar-refractivity contribution in [1.82, 2.24) is 0 Å². The van der Waals surface area contributed by atoms with Crippen molar-refractivity contribution < 1.29 is 49.0 Å². The second-order valence-electron chi connectivity index (χ2n) is 9.73. The zero-order chi connectivity index (χ0) is 29.1. The van der Waals surface area contributed by atoms with E-state index < -0.39 is 54.6 Å². The molecule has 11 nitrogen and oxygen atoms in total. The van der Waals surface area contributed by atoms with Crippen molar-refractivity contribution in [2.45, 2.75) is 56.9 Å². The molecule has 2 heterocycles. The number of aliphatic hydroxyl groups is 4. The average Bonchev–Trinajstić information content (AvgIpc) is 2.90. The molecule has 4 rings (SSSR count). The lowest BCUT2D eigenvalue weighted by molar-refractivity contribution is -0.239. The van der Waals surface area contributed by atoms with Crippen LogP contribution in [0.5, 0.6) is 11.5 Å². The van der Waals surface area contributed by atoms with Crippen molar-refractivity contribution in [3.8, 4) is 11.5 Å². The number of hydrogen-bond acceptors (Lipinski definition) is 11. The number of methoxy groups -OCH3 is 1. The van der Waals surface area contributed by atoms with Gasteiger partial charge in [0.25, 0.3) is 0 Å². The van der Waals surface area contributed by atoms with E-state index >= 15 is 0 Å². The van der Waals surface area contributed by atoms with Crippen LogP contribution in [-0.2, 0) is 20.7 Å². The van der Waals surface area contributed by atoms with Gasteiger partial charge in [0, 0.05) is 18.6 Å². The van der Waals surface area contributed by atoms with Crippen molar-refractivity contribution in [3.63, 3.8) is 0 Å². The predicted octanol–water partition coefficient (Wildman–Crippen LogP) is 1.52. The summed E-state index contributed by atoms with van der Waals surface area (Å²) < 4.78 is 22.4. The molecule has 6 atom stereocenters. The minimum Gasteiger partial charge on any atom is -0.507 e. The first-order chi connectivity index (χ1) is 19.0. The molecule has 0 saturated carbocycles. The number of esters is 1. The SMILES string of the molecule is COc1ccc(C=CC(=O)OC2C(c3c(O)cc(C)c4c(=O)cc(CC(C)O)oc34)OC(CO)C(O)C2O)cc1. The first-order valence-corrected chi connectivity index (χ1v) is 12.7. The summed E-state index contributed by atoms with van der Waals surface area (Å²) in [7, 11) is 1.53. The van der Waals surface area contributed by atoms with Gasteiger partial charge >= 0.3 is 5.97 Å². The van der Waals surface area contributed by atoms with Crippen molar-refractivity contribution in [1.29, 1.82) is 0 Å². The lowest BCUT2D eigenvalue weighted by Crippen LogP contribution is -2.56. The number of aromatic hydroxyl groups is 1. The molecule has 1 aliphatic heterocycles. The van der Waals surface area contributed by atoms with Gasteiger partial charge in [0.1, 0.15) is 47.3 Å². The van der Waals surface area contributed by atoms with Gasteiger partial charge in [-0.15, -0.1) is 0 Å². The van der Waals surface area contributed by atoms with Crippen molar-refractivity contribution >= 4 is 23.0 Å². The largest absolute Gasteiger partial charge is 0.507 e. The Hall–Kier alpha value is -3.74. The van der Waals surface area contributed by atoms with Crippen LogP contribution in [0.1, 0.15) is 35.5 Å². The first-order valence-electron chi connectivity index (χ1n) is 12.7. The van der Waals surface area contributed by atoms with Crippen LogP contribution in [0.25, 0.3) is 17.0 Å². The van der Waals surface area contributed by atoms with Gasteiger partial charge in [0.2, 0.25) is 0 Å². The molecule has 6 unspecified atom stereocenters. The van der Waals surface area contributed by atoms with Crippen LogP contribution in [0.2, 0.25) is 0 Å². The minimum atomic E-state index is -1.74. The van der Waals surface area contributed by atoms with Crippen LogP contribution >= 0.6 is 0 Å². The quantitative estimate of drug-likeness (QED) is 0.201. The highest BCUT2D eigenvalue weighted by molar-refractivity contribution is 5.88. The van der Waals surface area contributed by atoms with E-state index in [4.69, 9.17) is 18.6 Å². The molecule has 11 heteroatoms. The van der Waals surface area contributed by atoms with Gasteiger partial charge in [-0.1, -0.05) is 12.1 Å². The molecule has 0 aliphatic carbocycles. The predicted molar refractivity (Wildman–Crippen MR) is 143 cm³/mol. The van der Waals surface area contributed by atoms with Crippen LogP contribution in [-0.4, -0.2) is 75.7 Å². The van der Waals surface area contributed by atoms with E-state index in [1.54, 1.807) is 31.2 Å². The summed E-state index contributed by atoms with van der Waals surface area (Å²) in [4.78, 5) is 25.8. The molecular weight excluding hydrogens is 524 g/mol. The molecule has 0 bridgehead atoms. The van der Waals surface area contributed by atoms with Gasteiger partial charge in [0.05, 0.1) is 30.8 Å². The number of carbonyl (C=O) groups excluding carboxylic acids is 1. The average molecular weight is 557 g/mol. The lowest BCUT2D eigenvalue weighted by atomic mass is 9.89. The Labute approximate surface area is 229 Å². The third kappa shape index (κ3) is 6.03. The van der Waals surface area contributed by atoms with Crippen LogP contribution in [0.15, 0.2) is 51.7 Å². The van der Waals surface area contributed by atoms with E-state index in [1.165, 1.54) is 32.2 Å². The Morgan fingerprint density at radius 2 is 1.85 bits per heavy atom. The van der Waals surface area contributed by atoms with Gasteiger partial charge in [0.15, 0.2) is 11.5 Å². The molecule has 3 aromatic rings. The molecule has 0 amide bonds. The fourth-order valence-corrected chi connectivity index (χ4v) is 4.75. The third-order valence-electron chi connectivity index (χ3n) is 6.70. The van der Waals surface area contributed by atoms with E-state index in [0.717, 1.165) is 6.08 Å². The molecule has 0 radical (unpaired) electrons. The van der Waals surface area contributed by atoms with E-state index in [-0.39, 0.29) is 34.5 Å². The molecule has 0 spiro atoms. The third-order valence-corrected chi connectivity index (χ3v) is 6.70. The second-order valence-corrected chi connectivity index (χ2v) is 9.73. The van der Waals surface area contributed by atoms with Crippen molar-refractivity contribution in [2.75, 3.05) is 13.7 Å². The van der Waals surface area contributed by atoms with E-state index in [2.05, 4.69) is 0 Å². The monoisotopic (exact) mass is 556 g/mol. The van der Waals surface area contributed by atoms with E-state index in [0.29, 0.717) is 16.9 Å². The maximum Gasteiger partial charge on any atom is 0.331 e. The summed E-state index contributed by atoms with van der Waals surface area (Å²) in [5.74, 6) is -0.520. The summed E-state index contributed by atoms with van der Waals surface area (Å²) in [5.41, 5.74) is 0.387. The van der Waals surface area contributed by atoms with Crippen LogP contribution in [0, 0.1) is 6.92 Å². The topological polar surface area (TPSA) is 176 Å². The molecule has 2 aromatic carbocycles. The fraction of sp³-hybridized carbons (Fsp3) is 0.379. The van der Waals surface area contributed by atoms with Gasteiger partial charge < -0.3 is 44.2 Å². The Morgan fingerprint density at radius 3 is 2.48 bits per heavy atom. The molecule has 40 heavy (non-hydrogen) atoms. The van der Waals surface area contributed by atoms with Crippen molar-refractivity contribution in [3.05, 3.63) is 75.1 Å². The number of rotatable bonds is 8. The highest BCUT2D eigenvalue weighted by Gasteiger charge is 2.48. The number of phenolic OH excluding ortho intramolecular Hbond substituents is 1. The van der Waals surface area contributed by atoms with E-state index in [9.17, 15) is 35.1 Å². The Balaban J connectivity index is 1.77. The number of ether oxygens (including phenoxy) is 3. The minimum absolute atomic E-state index is 0.0000211. The Morgan fingerprint density at radius 1 is 1.15 bits per heavy atom. The summed E-state index contributed by atoms with van der Waals surface area (Å²) >= 11 is 0. The Bertz CT molecular complexity index is 1440. The number of carbonyl (C=O) groups is 1. The first kappa shape index (κ1) is 29.2. The summed E-state index contributed by atoms with van der Waals surface area (Å²) in [5, 5.41) is 52.2. The lowest BCUT2D eigenvalue weighted by Gasteiger charge is -2.42. The Kier molecular flexibility index (Phi) is 8.92. The molecule has 1 aromatic heterocycles. The fourth-order valence-electron chi connectivity index (χ4n) is 4.75. The second kappa shape index (κ2) is 12.2. The number of aliphatic hydroxyl groups excluding tert-OH is 4. The summed E-state index contributed by atoms with van der Waals surface area (Å²) in [6.45, 7) is 2.41. The highest BCUT2D eigenvalue weighted by Crippen LogP contribution is 2.42. The van der Waals surface area contributed by atoms with Crippen molar-refractivity contribution in [2.24, 2.45) is 0 Å². The number of fused-ring (bicyclic) bond motifs is 1. The van der Waals surface area contributed by atoms with Gasteiger partial charge in [-0.2, -0.15) is 0 Å². The zero-order valence-electron chi connectivity index (χ0n) is 22.2. The molecule has 5 N–H and O–H groups in total. The smallest absolute Gasteiger partial charge is 0.331 e. The maximum atomic E-state index is 13.0. The molecule has 1 fully saturated rings. The number of benzene rings is 2. The van der Waals surface area contributed by atoms with E-state index in [1.807, 2.05) is 0 Å². The molecular formula is C29H32O11. The van der Waals surface area contributed by atoms with Crippen LogP contribution < -0.4 is 10.2 Å². The highest BCUT2D eigenvalue weighted by atomic mass is 16.6. The number of hydrogen-bond donors (Lipinski definition) is 5. The molecule has 214 valence electrons. The zero-order valence-corrected chi connectivity index (χ0v) is 22.2. The van der Waals surface area contributed by atoms with Crippen LogP contribution in [0.4, 0.5) is 0 Å². The maximum absolute atomic E-state index is 13.0. The number of phenols is 1. The van der Waals surface area contributed by atoms with Crippen LogP contribution in [0.3, 0.4) is 0 Å². The normalized spacial score (nSPS) is 23.8. The summed E-state index contributed by atoms with van der Waals surface area (Å²) in [6, 6.07) is 9.37. The van der Waals surface area contributed by atoms with Gasteiger partial charge in [-0.3, -0.25) is 4.79 Å². The molecule has 1 aliphatic rings. The van der Waals surface area contributed by atoms with Gasteiger partial charge in [-0.05, 0) is 49.2 Å². The van der Waals surface area contributed by atoms with Gasteiger partial charge in [-0.25, -0.2) is 4.79 Å². The molecule has 1 saturated heterocycles. The number of aryl methyl sites for hydroxylation is 1. The summed E-state index contributed by atoms with van der Waals surface area (Å²) in [6.07, 6.45) is -5.97. The standard InChI is InChI=1S/C29H32O11/c1-14-10-19(32)24(27-23(14)20(33)12-18(38-27)11-15(2)31)28-29(26(36)25(35)21(13-30)39-28)40-22(34)9-6-16-4-7-17(37-3)8-5-16/h4-10,12,15,21,25-26,28-32,35-36H,11,13H2,1-3H3.